The molecular weight excluding hydrogens is 702 g/mol. The quantitative estimate of drug-likeness (QED) is 0.122. The van der Waals surface area contributed by atoms with Crippen LogP contribution in [0.15, 0.2) is 84.9 Å². The van der Waals surface area contributed by atoms with Gasteiger partial charge in [-0.1, -0.05) is 80.4 Å². The van der Waals surface area contributed by atoms with Gasteiger partial charge in [-0.3, -0.25) is 14.5 Å². The maximum atomic E-state index is 15.7. The van der Waals surface area contributed by atoms with Crippen LogP contribution in [0.1, 0.15) is 112 Å². The number of benzene rings is 4. The maximum absolute atomic E-state index is 15.7. The van der Waals surface area contributed by atoms with E-state index in [0.717, 1.165) is 109 Å². The fourth-order valence-electron chi connectivity index (χ4n) is 9.34. The van der Waals surface area contributed by atoms with Crippen molar-refractivity contribution in [1.29, 1.82) is 0 Å². The smallest absolute Gasteiger partial charge is 0.306 e. The molecule has 4 aromatic carbocycles. The fourth-order valence-corrected chi connectivity index (χ4v) is 9.34. The van der Waals surface area contributed by atoms with Crippen molar-refractivity contribution in [3.05, 3.63) is 107 Å². The van der Waals surface area contributed by atoms with Crippen molar-refractivity contribution in [1.82, 2.24) is 4.90 Å². The van der Waals surface area contributed by atoms with E-state index in [0.29, 0.717) is 55.6 Å². The van der Waals surface area contributed by atoms with E-state index in [2.05, 4.69) is 42.2 Å². The molecular formula is C49H58FNO5. The first-order valence-corrected chi connectivity index (χ1v) is 21.2. The van der Waals surface area contributed by atoms with Gasteiger partial charge < -0.3 is 14.6 Å². The lowest BCUT2D eigenvalue weighted by Crippen LogP contribution is -2.36. The lowest BCUT2D eigenvalue weighted by Gasteiger charge is -2.30. The number of piperidine rings is 1. The summed E-state index contributed by atoms with van der Waals surface area (Å²) in [6.45, 7) is 4.10. The predicted octanol–water partition coefficient (Wildman–Crippen LogP) is 11.6. The van der Waals surface area contributed by atoms with Crippen LogP contribution >= 0.6 is 0 Å². The number of likely N-dealkylation sites (tertiary alicyclic amines) is 1. The topological polar surface area (TPSA) is 76.1 Å². The number of hydrogen-bond donors (Lipinski definition) is 1. The predicted molar refractivity (Wildman–Crippen MR) is 221 cm³/mol. The monoisotopic (exact) mass is 759 g/mol. The Morgan fingerprint density at radius 1 is 0.732 bits per heavy atom. The second kappa shape index (κ2) is 19.1. The third-order valence-corrected chi connectivity index (χ3v) is 12.9. The van der Waals surface area contributed by atoms with Crippen molar-refractivity contribution in [3.63, 3.8) is 0 Å². The van der Waals surface area contributed by atoms with Gasteiger partial charge in [0.25, 0.3) is 0 Å². The zero-order valence-electron chi connectivity index (χ0n) is 33.0. The SMILES string of the molecule is CCC1CCC(Oc2ccc(-c3cccc(C=O)c3CCCC3CCC(Oc4ccc(-c5cccc(CN6CCC(C(=O)O)CC6)c5F)cc4)CC3)cc2)CC1. The molecule has 1 N–H and O–H groups in total. The lowest BCUT2D eigenvalue weighted by molar-refractivity contribution is -0.143. The Morgan fingerprint density at radius 2 is 1.29 bits per heavy atom. The Bertz CT molecular complexity index is 1890. The Hall–Kier alpha value is -4.49. The fraction of sp³-hybridized carbons (Fsp3) is 0.469. The minimum absolute atomic E-state index is 0.170. The molecule has 56 heavy (non-hydrogen) atoms. The molecule has 7 rings (SSSR count). The van der Waals surface area contributed by atoms with E-state index in [9.17, 15) is 14.7 Å². The van der Waals surface area contributed by atoms with Crippen LogP contribution in [0.25, 0.3) is 22.3 Å². The van der Waals surface area contributed by atoms with Crippen LogP contribution < -0.4 is 9.47 Å². The van der Waals surface area contributed by atoms with Crippen LogP contribution in [0, 0.1) is 23.6 Å². The molecule has 2 saturated carbocycles. The third-order valence-electron chi connectivity index (χ3n) is 12.9. The van der Waals surface area contributed by atoms with Gasteiger partial charge in [-0.05, 0) is 148 Å². The number of carboxylic acids is 1. The van der Waals surface area contributed by atoms with Crippen molar-refractivity contribution >= 4 is 12.3 Å². The Kier molecular flexibility index (Phi) is 13.6. The number of aldehydes is 1. The first-order valence-electron chi connectivity index (χ1n) is 21.2. The molecule has 0 aromatic heterocycles. The normalized spacial score (nSPS) is 22.0. The average Bonchev–Trinajstić information content (AvgIpc) is 3.23. The highest BCUT2D eigenvalue weighted by Gasteiger charge is 2.26. The summed E-state index contributed by atoms with van der Waals surface area (Å²) in [6.07, 6.45) is 16.1. The van der Waals surface area contributed by atoms with E-state index in [4.69, 9.17) is 9.47 Å². The number of carboxylic acid groups (broad SMARTS) is 1. The van der Waals surface area contributed by atoms with Crippen molar-refractivity contribution in [2.45, 2.75) is 116 Å². The summed E-state index contributed by atoms with van der Waals surface area (Å²) in [7, 11) is 0. The highest BCUT2D eigenvalue weighted by molar-refractivity contribution is 5.83. The molecule has 0 radical (unpaired) electrons. The van der Waals surface area contributed by atoms with Gasteiger partial charge in [0, 0.05) is 23.2 Å². The number of rotatable bonds is 15. The molecule has 1 saturated heterocycles. The summed E-state index contributed by atoms with van der Waals surface area (Å²) in [4.78, 5) is 25.6. The summed E-state index contributed by atoms with van der Waals surface area (Å²) < 4.78 is 28.4. The first kappa shape index (κ1) is 39.7. The van der Waals surface area contributed by atoms with Crippen molar-refractivity contribution in [2.75, 3.05) is 13.1 Å². The number of carbonyl (C=O) groups excluding carboxylic acids is 1. The second-order valence-corrected chi connectivity index (χ2v) is 16.5. The molecule has 0 bridgehead atoms. The van der Waals surface area contributed by atoms with Crippen LogP contribution in [0.4, 0.5) is 4.39 Å². The van der Waals surface area contributed by atoms with E-state index in [1.807, 2.05) is 54.6 Å². The van der Waals surface area contributed by atoms with E-state index >= 15 is 4.39 Å². The van der Waals surface area contributed by atoms with Crippen LogP contribution in [0.5, 0.6) is 11.5 Å². The molecule has 0 amide bonds. The standard InChI is InChI=1S/C49H58FNO5/c1-2-34-12-20-41(21-13-34)55-43-24-16-36(17-25-43)45-10-5-8-40(33-52)46(45)9-3-6-35-14-22-42(23-15-35)56-44-26-18-37(19-27-44)47-11-4-7-39(48(47)50)32-51-30-28-38(29-31-51)49(53)54/h4-5,7-8,10-11,16-19,24-27,33-35,38,41-42H,2-3,6,9,12-15,20-23,28-32H2,1H3,(H,53,54). The third kappa shape index (κ3) is 10.1. The molecule has 2 aliphatic carbocycles. The second-order valence-electron chi connectivity index (χ2n) is 16.5. The van der Waals surface area contributed by atoms with Crippen LogP contribution in [0.3, 0.4) is 0 Å². The molecule has 1 aliphatic heterocycles. The van der Waals surface area contributed by atoms with Crippen LogP contribution in [-0.4, -0.2) is 47.6 Å². The van der Waals surface area contributed by atoms with Crippen molar-refractivity contribution in [2.24, 2.45) is 17.8 Å². The number of carbonyl (C=O) groups is 2. The summed E-state index contributed by atoms with van der Waals surface area (Å²) >= 11 is 0. The van der Waals surface area contributed by atoms with Gasteiger partial charge >= 0.3 is 5.97 Å². The van der Waals surface area contributed by atoms with Gasteiger partial charge in [0.1, 0.15) is 23.6 Å². The number of nitrogens with zero attached hydrogens (tertiary/aromatic N) is 1. The molecule has 0 atom stereocenters. The number of halogens is 1. The van der Waals surface area contributed by atoms with E-state index < -0.39 is 5.97 Å². The Balaban J connectivity index is 0.872. The van der Waals surface area contributed by atoms with E-state index in [1.54, 1.807) is 0 Å². The van der Waals surface area contributed by atoms with Gasteiger partial charge in [0.2, 0.25) is 0 Å². The minimum atomic E-state index is -0.736. The van der Waals surface area contributed by atoms with Gasteiger partial charge in [-0.2, -0.15) is 0 Å². The lowest BCUT2D eigenvalue weighted by atomic mass is 9.83. The van der Waals surface area contributed by atoms with Crippen LogP contribution in [0.2, 0.25) is 0 Å². The van der Waals surface area contributed by atoms with E-state index in [-0.39, 0.29) is 17.8 Å². The summed E-state index contributed by atoms with van der Waals surface area (Å²) in [5.41, 5.74) is 6.20. The molecule has 1 heterocycles. The van der Waals surface area contributed by atoms with Gasteiger partial charge in [0.15, 0.2) is 0 Å². The first-order chi connectivity index (χ1) is 27.4. The molecule has 0 unspecified atom stereocenters. The van der Waals surface area contributed by atoms with Gasteiger partial charge in [0.05, 0.1) is 18.1 Å². The summed E-state index contributed by atoms with van der Waals surface area (Å²) in [6, 6.07) is 27.8. The molecule has 0 spiro atoms. The van der Waals surface area contributed by atoms with Crippen molar-refractivity contribution < 1.29 is 28.6 Å². The Morgan fingerprint density at radius 3 is 1.86 bits per heavy atom. The average molecular weight is 760 g/mol. The largest absolute Gasteiger partial charge is 0.490 e. The molecule has 3 aliphatic rings. The van der Waals surface area contributed by atoms with Crippen LogP contribution in [-0.2, 0) is 17.8 Å². The van der Waals surface area contributed by atoms with Gasteiger partial charge in [-0.25, -0.2) is 4.39 Å². The summed E-state index contributed by atoms with van der Waals surface area (Å²) in [5, 5.41) is 9.30. The number of ether oxygens (including phenoxy) is 2. The number of hydrogen-bond acceptors (Lipinski definition) is 5. The maximum Gasteiger partial charge on any atom is 0.306 e. The highest BCUT2D eigenvalue weighted by Crippen LogP contribution is 2.35. The zero-order chi connectivity index (χ0) is 38.9. The molecule has 3 fully saturated rings. The van der Waals surface area contributed by atoms with Gasteiger partial charge in [-0.15, -0.1) is 0 Å². The van der Waals surface area contributed by atoms with Crippen molar-refractivity contribution in [3.8, 4) is 33.8 Å². The highest BCUT2D eigenvalue weighted by atomic mass is 19.1. The minimum Gasteiger partial charge on any atom is -0.490 e. The molecule has 4 aromatic rings. The molecule has 7 heteroatoms. The Labute approximate surface area is 332 Å². The van der Waals surface area contributed by atoms with E-state index in [1.165, 1.54) is 19.3 Å². The molecule has 296 valence electrons. The molecule has 6 nitrogen and oxygen atoms in total. The summed E-state index contributed by atoms with van der Waals surface area (Å²) in [5.74, 6) is 1.98. The number of aliphatic carboxylic acids is 1. The zero-order valence-corrected chi connectivity index (χ0v) is 33.0.